The second-order valence-electron chi connectivity index (χ2n) is 8.09. The summed E-state index contributed by atoms with van der Waals surface area (Å²) in [4.78, 5) is 14.4. The van der Waals surface area contributed by atoms with Gasteiger partial charge in [0.05, 0.1) is 4.90 Å². The number of rotatable bonds is 8. The van der Waals surface area contributed by atoms with E-state index < -0.39 is 15.3 Å². The van der Waals surface area contributed by atoms with Gasteiger partial charge in [-0.15, -0.1) is 11.8 Å². The maximum absolute atomic E-state index is 13.4. The summed E-state index contributed by atoms with van der Waals surface area (Å²) in [6.45, 7) is 4.01. The van der Waals surface area contributed by atoms with Crippen LogP contribution in [0.15, 0.2) is 113 Å². The highest BCUT2D eigenvalue weighted by Gasteiger charge is 2.23. The summed E-state index contributed by atoms with van der Waals surface area (Å²) in [5.74, 6) is -0.122. The van der Waals surface area contributed by atoms with Gasteiger partial charge in [-0.1, -0.05) is 60.7 Å². The smallest absolute Gasteiger partial charge is 0.261 e. The molecule has 4 rings (SSSR count). The van der Waals surface area contributed by atoms with Crippen LogP contribution in [0.25, 0.3) is 0 Å². The number of nitrogens with one attached hydrogen (secondary N) is 2. The number of sulfonamides is 1. The zero-order valence-corrected chi connectivity index (χ0v) is 21.1. The van der Waals surface area contributed by atoms with E-state index in [9.17, 15) is 13.2 Å². The Bertz CT molecular complexity index is 1410. The van der Waals surface area contributed by atoms with Crippen molar-refractivity contribution in [3.63, 3.8) is 0 Å². The fraction of sp³-hybridized carbons (Fsp3) is 0.107. The summed E-state index contributed by atoms with van der Waals surface area (Å²) in [7, 11) is -3.67. The highest BCUT2D eigenvalue weighted by molar-refractivity contribution is 8.00. The minimum absolute atomic E-state index is 0.122. The predicted octanol–water partition coefficient (Wildman–Crippen LogP) is 6.58. The van der Waals surface area contributed by atoms with Gasteiger partial charge in [-0.25, -0.2) is 8.42 Å². The first-order chi connectivity index (χ1) is 16.8. The van der Waals surface area contributed by atoms with E-state index in [0.717, 1.165) is 27.3 Å². The second-order valence-corrected chi connectivity index (χ2v) is 10.9. The largest absolute Gasteiger partial charge is 0.325 e. The number of carbonyl (C=O) groups is 1. The minimum atomic E-state index is -3.67. The Morgan fingerprint density at radius 3 is 2.06 bits per heavy atom. The van der Waals surface area contributed by atoms with E-state index in [-0.39, 0.29) is 10.8 Å². The summed E-state index contributed by atoms with van der Waals surface area (Å²) >= 11 is 1.41. The van der Waals surface area contributed by atoms with Crippen LogP contribution in [0, 0.1) is 13.8 Å². The van der Waals surface area contributed by atoms with Crippen molar-refractivity contribution in [2.24, 2.45) is 0 Å². The zero-order chi connectivity index (χ0) is 24.8. The van der Waals surface area contributed by atoms with Gasteiger partial charge in [-0.3, -0.25) is 9.52 Å². The van der Waals surface area contributed by atoms with E-state index in [0.29, 0.717) is 5.69 Å². The summed E-state index contributed by atoms with van der Waals surface area (Å²) < 4.78 is 27.8. The molecule has 0 aliphatic heterocycles. The molecule has 7 heteroatoms. The third-order valence-electron chi connectivity index (χ3n) is 5.62. The summed E-state index contributed by atoms with van der Waals surface area (Å²) in [5, 5.41) is 2.60. The van der Waals surface area contributed by atoms with Crippen LogP contribution in [0.3, 0.4) is 0 Å². The van der Waals surface area contributed by atoms with Crippen LogP contribution in [-0.4, -0.2) is 14.3 Å². The Kier molecular flexibility index (Phi) is 7.58. The SMILES string of the molecule is Cc1cccc(NC(=O)C(Sc2ccc(NS(=O)(=O)c3ccccc3)cc2)c2ccccc2)c1C. The molecule has 0 saturated heterocycles. The zero-order valence-electron chi connectivity index (χ0n) is 19.4. The Balaban J connectivity index is 1.53. The van der Waals surface area contributed by atoms with Crippen LogP contribution in [-0.2, 0) is 14.8 Å². The number of anilines is 2. The van der Waals surface area contributed by atoms with Gasteiger partial charge in [-0.2, -0.15) is 0 Å². The van der Waals surface area contributed by atoms with Crippen molar-refractivity contribution in [1.82, 2.24) is 0 Å². The molecule has 0 radical (unpaired) electrons. The lowest BCUT2D eigenvalue weighted by Crippen LogP contribution is -2.19. The molecule has 5 nitrogen and oxygen atoms in total. The van der Waals surface area contributed by atoms with Gasteiger partial charge in [0.15, 0.2) is 0 Å². The molecule has 0 saturated carbocycles. The first-order valence-electron chi connectivity index (χ1n) is 11.1. The topological polar surface area (TPSA) is 75.3 Å². The number of aryl methyl sites for hydroxylation is 1. The lowest BCUT2D eigenvalue weighted by molar-refractivity contribution is -0.115. The van der Waals surface area contributed by atoms with Gasteiger partial charge < -0.3 is 5.32 Å². The highest BCUT2D eigenvalue weighted by Crippen LogP contribution is 2.37. The third-order valence-corrected chi connectivity index (χ3v) is 8.28. The number of thioether (sulfide) groups is 1. The maximum atomic E-state index is 13.4. The maximum Gasteiger partial charge on any atom is 0.261 e. The normalized spacial score (nSPS) is 12.1. The first-order valence-corrected chi connectivity index (χ1v) is 13.5. The van der Waals surface area contributed by atoms with Gasteiger partial charge in [-0.05, 0) is 73.0 Å². The number of benzene rings is 4. The van der Waals surface area contributed by atoms with Crippen LogP contribution in [0.4, 0.5) is 11.4 Å². The molecule has 1 unspecified atom stereocenters. The van der Waals surface area contributed by atoms with Crippen molar-refractivity contribution < 1.29 is 13.2 Å². The molecule has 4 aromatic rings. The predicted molar refractivity (Wildman–Crippen MR) is 143 cm³/mol. The van der Waals surface area contributed by atoms with E-state index in [1.165, 1.54) is 11.8 Å². The van der Waals surface area contributed by atoms with Crippen molar-refractivity contribution in [2.75, 3.05) is 10.0 Å². The molecule has 1 atom stereocenters. The Hall–Kier alpha value is -3.55. The molecular weight excluding hydrogens is 476 g/mol. The van der Waals surface area contributed by atoms with E-state index in [4.69, 9.17) is 0 Å². The van der Waals surface area contributed by atoms with Gasteiger partial charge in [0.25, 0.3) is 10.0 Å². The van der Waals surface area contributed by atoms with Crippen LogP contribution in [0.2, 0.25) is 0 Å². The standard InChI is InChI=1S/C28H26N2O3S2/c1-20-10-9-15-26(21(20)2)29-28(31)27(22-11-5-3-6-12-22)34-24-18-16-23(17-19-24)30-35(32,33)25-13-7-4-8-14-25/h3-19,27,30H,1-2H3,(H,29,31). The monoisotopic (exact) mass is 502 g/mol. The van der Waals surface area contributed by atoms with Crippen LogP contribution < -0.4 is 10.0 Å². The summed E-state index contributed by atoms with van der Waals surface area (Å²) in [5.41, 5.74) is 4.28. The Morgan fingerprint density at radius 2 is 1.40 bits per heavy atom. The Labute approximate surface area is 210 Å². The van der Waals surface area contributed by atoms with E-state index >= 15 is 0 Å². The van der Waals surface area contributed by atoms with Crippen molar-refractivity contribution >= 4 is 39.1 Å². The molecule has 0 aromatic heterocycles. The van der Waals surface area contributed by atoms with E-state index in [2.05, 4.69) is 10.0 Å². The second kappa shape index (κ2) is 10.8. The van der Waals surface area contributed by atoms with Crippen molar-refractivity contribution in [2.45, 2.75) is 28.9 Å². The van der Waals surface area contributed by atoms with Crippen molar-refractivity contribution in [3.8, 4) is 0 Å². The molecule has 0 heterocycles. The molecule has 35 heavy (non-hydrogen) atoms. The first kappa shape index (κ1) is 24.6. The van der Waals surface area contributed by atoms with Crippen LogP contribution >= 0.6 is 11.8 Å². The number of carbonyl (C=O) groups excluding carboxylic acids is 1. The molecule has 178 valence electrons. The van der Waals surface area contributed by atoms with E-state index in [1.54, 1.807) is 42.5 Å². The number of amides is 1. The van der Waals surface area contributed by atoms with Gasteiger partial charge in [0.1, 0.15) is 5.25 Å². The van der Waals surface area contributed by atoms with Crippen molar-refractivity contribution in [3.05, 3.63) is 120 Å². The summed E-state index contributed by atoms with van der Waals surface area (Å²) in [6.07, 6.45) is 0. The minimum Gasteiger partial charge on any atom is -0.325 e. The summed E-state index contributed by atoms with van der Waals surface area (Å²) in [6, 6.07) is 30.7. The van der Waals surface area contributed by atoms with Gasteiger partial charge in [0.2, 0.25) is 5.91 Å². The Morgan fingerprint density at radius 1 is 0.771 bits per heavy atom. The lowest BCUT2D eigenvalue weighted by Gasteiger charge is -2.19. The average molecular weight is 503 g/mol. The number of hydrogen-bond acceptors (Lipinski definition) is 4. The van der Waals surface area contributed by atoms with Crippen molar-refractivity contribution in [1.29, 1.82) is 0 Å². The van der Waals surface area contributed by atoms with E-state index in [1.807, 2.05) is 74.5 Å². The molecule has 0 fully saturated rings. The fourth-order valence-corrected chi connectivity index (χ4v) is 5.64. The molecule has 1 amide bonds. The average Bonchev–Trinajstić information content (AvgIpc) is 2.87. The molecule has 2 N–H and O–H groups in total. The van der Waals surface area contributed by atoms with Crippen LogP contribution in [0.1, 0.15) is 21.9 Å². The van der Waals surface area contributed by atoms with Crippen LogP contribution in [0.5, 0.6) is 0 Å². The van der Waals surface area contributed by atoms with Gasteiger partial charge in [0, 0.05) is 16.3 Å². The molecule has 0 aliphatic carbocycles. The lowest BCUT2D eigenvalue weighted by atomic mass is 10.1. The fourth-order valence-electron chi connectivity index (χ4n) is 3.54. The third kappa shape index (κ3) is 6.12. The molecule has 0 aliphatic rings. The highest BCUT2D eigenvalue weighted by atomic mass is 32.2. The molecule has 0 spiro atoms. The molecule has 4 aromatic carbocycles. The van der Waals surface area contributed by atoms with Gasteiger partial charge >= 0.3 is 0 Å². The quantitative estimate of drug-likeness (QED) is 0.267. The number of hydrogen-bond donors (Lipinski definition) is 2. The molecule has 0 bridgehead atoms. The molecular formula is C28H26N2O3S2.